The number of carbonyl (C=O) groups excluding carboxylic acids is 2. The second-order valence-electron chi connectivity index (χ2n) is 7.68. The molecule has 0 unspecified atom stereocenters. The third-order valence-electron chi connectivity index (χ3n) is 5.66. The molecule has 1 aliphatic rings. The van der Waals surface area contributed by atoms with Gasteiger partial charge in [-0.1, -0.05) is 78.9 Å². The van der Waals surface area contributed by atoms with E-state index in [1.165, 1.54) is 0 Å². The Bertz CT molecular complexity index is 1030. The van der Waals surface area contributed by atoms with E-state index in [0.717, 1.165) is 27.8 Å². The van der Waals surface area contributed by atoms with Gasteiger partial charge >= 0.3 is 5.97 Å². The minimum Gasteiger partial charge on any atom is -0.465 e. The van der Waals surface area contributed by atoms with Gasteiger partial charge in [0, 0.05) is 0 Å². The summed E-state index contributed by atoms with van der Waals surface area (Å²) in [5.41, 5.74) is 5.95. The first-order valence-electron chi connectivity index (χ1n) is 10.4. The summed E-state index contributed by atoms with van der Waals surface area (Å²) in [4.78, 5) is 32.2. The van der Waals surface area contributed by atoms with E-state index in [9.17, 15) is 9.59 Å². The van der Waals surface area contributed by atoms with Crippen molar-refractivity contribution in [2.24, 2.45) is 5.41 Å². The molecule has 0 spiro atoms. The van der Waals surface area contributed by atoms with E-state index in [-0.39, 0.29) is 26.1 Å². The molecule has 0 fully saturated rings. The van der Waals surface area contributed by atoms with Crippen molar-refractivity contribution in [2.45, 2.75) is 26.4 Å². The molecule has 0 heterocycles. The summed E-state index contributed by atoms with van der Waals surface area (Å²) < 4.78 is 5.40. The van der Waals surface area contributed by atoms with Crippen LogP contribution in [0.4, 0.5) is 0 Å². The lowest BCUT2D eigenvalue weighted by molar-refractivity contribution is -0.166. The van der Waals surface area contributed by atoms with Crippen molar-refractivity contribution in [3.8, 4) is 11.1 Å². The van der Waals surface area contributed by atoms with Crippen molar-refractivity contribution >= 4 is 11.9 Å². The highest BCUT2D eigenvalue weighted by molar-refractivity contribution is 6.03. The van der Waals surface area contributed by atoms with Gasteiger partial charge in [0.1, 0.15) is 0 Å². The van der Waals surface area contributed by atoms with Crippen LogP contribution in [0.5, 0.6) is 0 Å². The lowest BCUT2D eigenvalue weighted by Crippen LogP contribution is -2.50. The van der Waals surface area contributed by atoms with Gasteiger partial charge in [0.05, 0.1) is 13.2 Å². The summed E-state index contributed by atoms with van der Waals surface area (Å²) in [6.45, 7) is 2.15. The SMILES string of the molecule is CCOC(=O)C1(C(=O)NOCc2ccccc2)Cc2ccccc2-c2ccccc2C1. The maximum Gasteiger partial charge on any atom is 0.322 e. The highest BCUT2D eigenvalue weighted by atomic mass is 16.7. The Morgan fingerprint density at radius 3 is 1.97 bits per heavy atom. The summed E-state index contributed by atoms with van der Waals surface area (Å²) in [6.07, 6.45) is 0.467. The molecule has 4 rings (SSSR count). The van der Waals surface area contributed by atoms with Crippen LogP contribution in [0.3, 0.4) is 0 Å². The van der Waals surface area contributed by atoms with Crippen LogP contribution in [-0.2, 0) is 38.6 Å². The second kappa shape index (κ2) is 9.14. The molecule has 1 amide bonds. The normalized spacial score (nSPS) is 14.0. The topological polar surface area (TPSA) is 64.6 Å². The standard InChI is InChI=1S/C26H25NO4/c1-2-30-25(29)26(24(28)27-31-18-19-10-4-3-5-11-19)16-20-12-6-8-14-22(20)23-15-9-7-13-21(23)17-26/h3-15H,2,16-18H2,1H3,(H,27,28). The number of hydrogen-bond acceptors (Lipinski definition) is 4. The zero-order valence-electron chi connectivity index (χ0n) is 17.5. The number of nitrogens with one attached hydrogen (secondary N) is 1. The predicted molar refractivity (Wildman–Crippen MR) is 118 cm³/mol. The third-order valence-corrected chi connectivity index (χ3v) is 5.66. The first-order valence-corrected chi connectivity index (χ1v) is 10.4. The van der Waals surface area contributed by atoms with Crippen molar-refractivity contribution in [1.29, 1.82) is 0 Å². The van der Waals surface area contributed by atoms with Crippen LogP contribution in [0, 0.1) is 5.41 Å². The largest absolute Gasteiger partial charge is 0.465 e. The van der Waals surface area contributed by atoms with E-state index in [4.69, 9.17) is 9.57 Å². The fraction of sp³-hybridized carbons (Fsp3) is 0.231. The van der Waals surface area contributed by atoms with Crippen molar-refractivity contribution < 1.29 is 19.2 Å². The summed E-state index contributed by atoms with van der Waals surface area (Å²) in [6, 6.07) is 25.3. The number of fused-ring (bicyclic) bond motifs is 3. The Morgan fingerprint density at radius 1 is 0.839 bits per heavy atom. The van der Waals surface area contributed by atoms with Crippen molar-refractivity contribution in [1.82, 2.24) is 5.48 Å². The molecule has 0 saturated heterocycles. The number of carbonyl (C=O) groups is 2. The number of benzene rings is 3. The molecule has 3 aromatic rings. The van der Waals surface area contributed by atoms with Gasteiger partial charge in [0.2, 0.25) is 0 Å². The summed E-state index contributed by atoms with van der Waals surface area (Å²) in [5, 5.41) is 0. The lowest BCUT2D eigenvalue weighted by atomic mass is 9.77. The highest BCUT2D eigenvalue weighted by Crippen LogP contribution is 2.41. The number of esters is 1. The Kier molecular flexibility index (Phi) is 6.14. The first kappa shape index (κ1) is 20.8. The molecule has 1 aliphatic carbocycles. The molecule has 0 aliphatic heterocycles. The van der Waals surface area contributed by atoms with Gasteiger partial charge in [-0.25, -0.2) is 5.48 Å². The minimum absolute atomic E-state index is 0.196. The van der Waals surface area contributed by atoms with E-state index in [0.29, 0.717) is 0 Å². The molecule has 158 valence electrons. The Morgan fingerprint density at radius 2 is 1.39 bits per heavy atom. The number of ether oxygens (including phenoxy) is 1. The fourth-order valence-electron chi connectivity index (χ4n) is 4.11. The number of hydrogen-bond donors (Lipinski definition) is 1. The first-order chi connectivity index (χ1) is 15.1. The van der Waals surface area contributed by atoms with Crippen molar-refractivity contribution in [3.63, 3.8) is 0 Å². The number of hydroxylamine groups is 1. The molecule has 0 atom stereocenters. The number of amides is 1. The molecule has 0 saturated carbocycles. The average Bonchev–Trinajstić information content (AvgIpc) is 2.95. The summed E-state index contributed by atoms with van der Waals surface area (Å²) >= 11 is 0. The molecular weight excluding hydrogens is 390 g/mol. The summed E-state index contributed by atoms with van der Waals surface area (Å²) in [5.74, 6) is -1.03. The van der Waals surface area contributed by atoms with Crippen LogP contribution in [-0.4, -0.2) is 18.5 Å². The molecule has 3 aromatic carbocycles. The van der Waals surface area contributed by atoms with Gasteiger partial charge in [-0.05, 0) is 47.6 Å². The van der Waals surface area contributed by atoms with Crippen molar-refractivity contribution in [2.75, 3.05) is 6.61 Å². The Labute approximate surface area is 182 Å². The van der Waals surface area contributed by atoms with Crippen molar-refractivity contribution in [3.05, 3.63) is 95.6 Å². The molecule has 5 nitrogen and oxygen atoms in total. The summed E-state index contributed by atoms with van der Waals surface area (Å²) in [7, 11) is 0. The smallest absolute Gasteiger partial charge is 0.322 e. The minimum atomic E-state index is -1.42. The van der Waals surface area contributed by atoms with E-state index < -0.39 is 17.3 Å². The maximum absolute atomic E-state index is 13.5. The molecule has 0 radical (unpaired) electrons. The molecule has 0 aromatic heterocycles. The number of rotatable bonds is 6. The van der Waals surface area contributed by atoms with E-state index in [1.807, 2.05) is 78.9 Å². The fourth-order valence-corrected chi connectivity index (χ4v) is 4.11. The van der Waals surface area contributed by atoms with Gasteiger partial charge < -0.3 is 4.74 Å². The Hall–Kier alpha value is -3.44. The molecule has 0 bridgehead atoms. The van der Waals surface area contributed by atoms with Crippen LogP contribution in [0.25, 0.3) is 11.1 Å². The Balaban J connectivity index is 1.69. The average molecular weight is 415 g/mol. The molecule has 1 N–H and O–H groups in total. The quantitative estimate of drug-likeness (QED) is 0.371. The maximum atomic E-state index is 13.5. The van der Waals surface area contributed by atoms with E-state index in [1.54, 1.807) is 6.92 Å². The van der Waals surface area contributed by atoms with Gasteiger partial charge in [-0.3, -0.25) is 14.4 Å². The highest BCUT2D eigenvalue weighted by Gasteiger charge is 2.49. The lowest BCUT2D eigenvalue weighted by Gasteiger charge is -2.29. The van der Waals surface area contributed by atoms with Gasteiger partial charge in [-0.2, -0.15) is 0 Å². The third kappa shape index (κ3) is 4.23. The zero-order chi connectivity index (χ0) is 21.7. The van der Waals surface area contributed by atoms with Crippen LogP contribution < -0.4 is 5.48 Å². The van der Waals surface area contributed by atoms with Gasteiger partial charge in [-0.15, -0.1) is 0 Å². The monoisotopic (exact) mass is 415 g/mol. The van der Waals surface area contributed by atoms with E-state index in [2.05, 4.69) is 5.48 Å². The van der Waals surface area contributed by atoms with Crippen LogP contribution in [0.2, 0.25) is 0 Å². The van der Waals surface area contributed by atoms with Crippen LogP contribution in [0.1, 0.15) is 23.6 Å². The molecule has 31 heavy (non-hydrogen) atoms. The van der Waals surface area contributed by atoms with Gasteiger partial charge in [0.25, 0.3) is 5.91 Å². The van der Waals surface area contributed by atoms with Crippen LogP contribution >= 0.6 is 0 Å². The van der Waals surface area contributed by atoms with Gasteiger partial charge in [0.15, 0.2) is 5.41 Å². The van der Waals surface area contributed by atoms with Crippen LogP contribution in [0.15, 0.2) is 78.9 Å². The molecule has 5 heteroatoms. The van der Waals surface area contributed by atoms with E-state index >= 15 is 0 Å². The predicted octanol–water partition coefficient (Wildman–Crippen LogP) is 4.25. The second-order valence-corrected chi connectivity index (χ2v) is 7.68. The zero-order valence-corrected chi connectivity index (χ0v) is 17.5. The molecular formula is C26H25NO4.